The van der Waals surface area contributed by atoms with E-state index >= 15 is 0 Å². The van der Waals surface area contributed by atoms with Gasteiger partial charge in [-0.3, -0.25) is 9.69 Å². The summed E-state index contributed by atoms with van der Waals surface area (Å²) in [4.78, 5) is 13.8. The predicted molar refractivity (Wildman–Crippen MR) is 74.9 cm³/mol. The summed E-state index contributed by atoms with van der Waals surface area (Å²) >= 11 is 0. The minimum Gasteiger partial charge on any atom is -0.364 e. The summed E-state index contributed by atoms with van der Waals surface area (Å²) < 4.78 is 5.19. The highest BCUT2D eigenvalue weighted by molar-refractivity contribution is 5.94. The molecule has 0 unspecified atom stereocenters. The molecule has 18 heavy (non-hydrogen) atoms. The van der Waals surface area contributed by atoms with E-state index in [2.05, 4.69) is 32.0 Å². The number of nitrogens with zero attached hydrogens (tertiary/aromatic N) is 1. The molecule has 0 aromatic heterocycles. The average molecular weight is 249 g/mol. The zero-order valence-corrected chi connectivity index (χ0v) is 11.8. The van der Waals surface area contributed by atoms with Crippen LogP contribution in [-0.4, -0.2) is 19.7 Å². The SMILES string of the molecule is CCC(=O)N(COC)c1c(CC)cccc1CC. The van der Waals surface area contributed by atoms with Crippen LogP contribution in [0.3, 0.4) is 0 Å². The zero-order valence-electron chi connectivity index (χ0n) is 11.8. The number of anilines is 1. The first-order valence-corrected chi connectivity index (χ1v) is 6.59. The number of hydrogen-bond acceptors (Lipinski definition) is 2. The lowest BCUT2D eigenvalue weighted by atomic mass is 10.0. The van der Waals surface area contributed by atoms with Crippen molar-refractivity contribution in [2.75, 3.05) is 18.7 Å². The third kappa shape index (κ3) is 3.10. The second kappa shape index (κ2) is 7.17. The van der Waals surface area contributed by atoms with Gasteiger partial charge in [0.15, 0.2) is 0 Å². The molecule has 100 valence electrons. The van der Waals surface area contributed by atoms with Crippen LogP contribution < -0.4 is 4.90 Å². The molecule has 0 aliphatic carbocycles. The number of rotatable bonds is 6. The van der Waals surface area contributed by atoms with Gasteiger partial charge in [-0.15, -0.1) is 0 Å². The molecule has 3 heteroatoms. The van der Waals surface area contributed by atoms with Crippen molar-refractivity contribution in [3.63, 3.8) is 0 Å². The second-order valence-electron chi connectivity index (χ2n) is 4.23. The maximum absolute atomic E-state index is 12.1. The Hall–Kier alpha value is -1.35. The summed E-state index contributed by atoms with van der Waals surface area (Å²) in [5.41, 5.74) is 3.44. The molecule has 0 fully saturated rings. The smallest absolute Gasteiger partial charge is 0.228 e. The van der Waals surface area contributed by atoms with Gasteiger partial charge in [0.1, 0.15) is 6.73 Å². The van der Waals surface area contributed by atoms with E-state index in [9.17, 15) is 4.79 Å². The minimum atomic E-state index is 0.104. The molecule has 1 aromatic carbocycles. The third-order valence-corrected chi connectivity index (χ3v) is 3.10. The Morgan fingerprint density at radius 2 is 1.72 bits per heavy atom. The molecule has 0 bridgehead atoms. The maximum atomic E-state index is 12.1. The molecular formula is C15H23NO2. The first-order valence-electron chi connectivity index (χ1n) is 6.59. The van der Waals surface area contributed by atoms with Gasteiger partial charge >= 0.3 is 0 Å². The number of ether oxygens (including phenoxy) is 1. The second-order valence-corrected chi connectivity index (χ2v) is 4.23. The Morgan fingerprint density at radius 1 is 1.17 bits per heavy atom. The monoisotopic (exact) mass is 249 g/mol. The van der Waals surface area contributed by atoms with E-state index in [1.54, 1.807) is 12.0 Å². The van der Waals surface area contributed by atoms with E-state index in [1.165, 1.54) is 11.1 Å². The molecular weight excluding hydrogens is 226 g/mol. The van der Waals surface area contributed by atoms with Crippen LogP contribution in [0.4, 0.5) is 5.69 Å². The van der Waals surface area contributed by atoms with Crippen molar-refractivity contribution in [3.8, 4) is 0 Å². The molecule has 1 rings (SSSR count). The summed E-state index contributed by atoms with van der Waals surface area (Å²) in [5, 5.41) is 0. The average Bonchev–Trinajstić information content (AvgIpc) is 2.43. The molecule has 0 saturated carbocycles. The molecule has 3 nitrogen and oxygen atoms in total. The summed E-state index contributed by atoms with van der Waals surface area (Å²) in [6, 6.07) is 6.22. The van der Waals surface area contributed by atoms with Gasteiger partial charge in [0, 0.05) is 13.5 Å². The van der Waals surface area contributed by atoms with Crippen molar-refractivity contribution in [1.29, 1.82) is 0 Å². The first kappa shape index (κ1) is 14.7. The molecule has 0 saturated heterocycles. The predicted octanol–water partition coefficient (Wildman–Crippen LogP) is 3.16. The molecule has 0 atom stereocenters. The van der Waals surface area contributed by atoms with Crippen LogP contribution in [0.15, 0.2) is 18.2 Å². The topological polar surface area (TPSA) is 29.5 Å². The van der Waals surface area contributed by atoms with E-state index < -0.39 is 0 Å². The Balaban J connectivity index is 3.28. The largest absolute Gasteiger partial charge is 0.364 e. The fraction of sp³-hybridized carbons (Fsp3) is 0.533. The number of carbonyl (C=O) groups is 1. The fourth-order valence-electron chi connectivity index (χ4n) is 2.14. The molecule has 0 aliphatic rings. The quantitative estimate of drug-likeness (QED) is 0.725. The van der Waals surface area contributed by atoms with Gasteiger partial charge < -0.3 is 4.74 Å². The van der Waals surface area contributed by atoms with Crippen LogP contribution in [0.25, 0.3) is 0 Å². The van der Waals surface area contributed by atoms with Gasteiger partial charge in [0.25, 0.3) is 0 Å². The van der Waals surface area contributed by atoms with Gasteiger partial charge in [-0.2, -0.15) is 0 Å². The van der Waals surface area contributed by atoms with Crippen LogP contribution in [-0.2, 0) is 22.4 Å². The number of aryl methyl sites for hydroxylation is 2. The van der Waals surface area contributed by atoms with Gasteiger partial charge in [-0.05, 0) is 24.0 Å². The molecule has 0 aliphatic heterocycles. The number of methoxy groups -OCH3 is 1. The van der Waals surface area contributed by atoms with Crippen LogP contribution in [0.5, 0.6) is 0 Å². The summed E-state index contributed by atoms with van der Waals surface area (Å²) in [7, 11) is 1.62. The van der Waals surface area contributed by atoms with Gasteiger partial charge in [0.05, 0.1) is 5.69 Å². The van der Waals surface area contributed by atoms with E-state index in [4.69, 9.17) is 4.74 Å². The molecule has 1 amide bonds. The molecule has 1 aromatic rings. The number of hydrogen-bond donors (Lipinski definition) is 0. The minimum absolute atomic E-state index is 0.104. The fourth-order valence-corrected chi connectivity index (χ4v) is 2.14. The van der Waals surface area contributed by atoms with E-state index in [1.807, 2.05) is 6.92 Å². The van der Waals surface area contributed by atoms with E-state index in [0.717, 1.165) is 18.5 Å². The molecule has 0 N–H and O–H groups in total. The van der Waals surface area contributed by atoms with Crippen LogP contribution in [0.1, 0.15) is 38.3 Å². The third-order valence-electron chi connectivity index (χ3n) is 3.10. The Labute approximate surface area is 110 Å². The van der Waals surface area contributed by atoms with E-state index in [0.29, 0.717) is 13.2 Å². The normalized spacial score (nSPS) is 10.4. The summed E-state index contributed by atoms with van der Waals surface area (Å²) in [6.45, 7) is 6.42. The van der Waals surface area contributed by atoms with E-state index in [-0.39, 0.29) is 5.91 Å². The molecule has 0 heterocycles. The summed E-state index contributed by atoms with van der Waals surface area (Å²) in [5.74, 6) is 0.104. The maximum Gasteiger partial charge on any atom is 0.228 e. The lowest BCUT2D eigenvalue weighted by Crippen LogP contribution is -2.33. The Morgan fingerprint density at radius 3 is 2.11 bits per heavy atom. The Bertz CT molecular complexity index is 379. The van der Waals surface area contributed by atoms with Crippen LogP contribution >= 0.6 is 0 Å². The number of amides is 1. The van der Waals surface area contributed by atoms with Crippen molar-refractivity contribution in [1.82, 2.24) is 0 Å². The van der Waals surface area contributed by atoms with Gasteiger partial charge in [0.2, 0.25) is 5.91 Å². The lowest BCUT2D eigenvalue weighted by Gasteiger charge is -2.26. The van der Waals surface area contributed by atoms with Crippen molar-refractivity contribution in [2.45, 2.75) is 40.0 Å². The van der Waals surface area contributed by atoms with Crippen molar-refractivity contribution in [2.24, 2.45) is 0 Å². The van der Waals surface area contributed by atoms with Crippen molar-refractivity contribution in [3.05, 3.63) is 29.3 Å². The zero-order chi connectivity index (χ0) is 13.5. The highest BCUT2D eigenvalue weighted by Crippen LogP contribution is 2.27. The van der Waals surface area contributed by atoms with Crippen molar-refractivity contribution >= 4 is 11.6 Å². The van der Waals surface area contributed by atoms with Gasteiger partial charge in [-0.1, -0.05) is 39.0 Å². The molecule has 0 spiro atoms. The number of carbonyl (C=O) groups excluding carboxylic acids is 1. The Kier molecular flexibility index (Phi) is 5.86. The highest BCUT2D eigenvalue weighted by Gasteiger charge is 2.19. The van der Waals surface area contributed by atoms with Gasteiger partial charge in [-0.25, -0.2) is 0 Å². The standard InChI is InChI=1S/C15H23NO2/c1-5-12-9-8-10-13(6-2)15(12)16(11-18-4)14(17)7-3/h8-10H,5-7,11H2,1-4H3. The number of para-hydroxylation sites is 1. The lowest BCUT2D eigenvalue weighted by molar-refractivity contribution is -0.119. The number of benzene rings is 1. The highest BCUT2D eigenvalue weighted by atomic mass is 16.5. The van der Waals surface area contributed by atoms with Crippen molar-refractivity contribution < 1.29 is 9.53 Å². The first-order chi connectivity index (χ1) is 8.69. The van der Waals surface area contributed by atoms with Crippen LogP contribution in [0.2, 0.25) is 0 Å². The van der Waals surface area contributed by atoms with Crippen LogP contribution in [0, 0.1) is 0 Å². The molecule has 0 radical (unpaired) electrons. The summed E-state index contributed by atoms with van der Waals surface area (Å²) in [6.07, 6.45) is 2.32.